The second kappa shape index (κ2) is 4.91. The molecule has 88 valence electrons. The first-order valence-corrected chi connectivity index (χ1v) is 5.38. The molecule has 4 heteroatoms. The maximum atomic E-state index is 13.3. The summed E-state index contributed by atoms with van der Waals surface area (Å²) in [5.74, 6) is -0.196. The normalized spacial score (nSPS) is 18.1. The van der Waals surface area contributed by atoms with Gasteiger partial charge in [-0.3, -0.25) is 0 Å². The number of benzene rings is 1. The van der Waals surface area contributed by atoms with Crippen molar-refractivity contribution < 1.29 is 14.2 Å². The fourth-order valence-corrected chi connectivity index (χ4v) is 1.74. The number of hydrogen-bond donors (Lipinski definition) is 2. The van der Waals surface area contributed by atoms with Gasteiger partial charge in [0.15, 0.2) is 0 Å². The number of aliphatic hydroxyl groups is 1. The largest absolute Gasteiger partial charge is 0.396 e. The van der Waals surface area contributed by atoms with E-state index in [0.717, 1.165) is 0 Å². The third-order valence-electron chi connectivity index (χ3n) is 2.93. The van der Waals surface area contributed by atoms with Gasteiger partial charge in [-0.25, -0.2) is 4.39 Å². The molecule has 1 aromatic rings. The van der Waals surface area contributed by atoms with Crippen LogP contribution in [0.1, 0.15) is 5.56 Å². The highest BCUT2D eigenvalue weighted by molar-refractivity contribution is 5.16. The minimum absolute atomic E-state index is 0.108. The zero-order valence-electron chi connectivity index (χ0n) is 9.08. The Labute approximate surface area is 94.2 Å². The van der Waals surface area contributed by atoms with Gasteiger partial charge in [0, 0.05) is 18.7 Å². The molecule has 1 aromatic carbocycles. The van der Waals surface area contributed by atoms with Crippen LogP contribution in [-0.2, 0) is 11.3 Å². The highest BCUT2D eigenvalue weighted by atomic mass is 19.1. The van der Waals surface area contributed by atoms with Crippen molar-refractivity contribution in [1.82, 2.24) is 5.32 Å². The van der Waals surface area contributed by atoms with E-state index in [1.807, 2.05) is 6.07 Å². The summed E-state index contributed by atoms with van der Waals surface area (Å²) < 4.78 is 18.4. The van der Waals surface area contributed by atoms with E-state index in [0.29, 0.717) is 31.9 Å². The maximum absolute atomic E-state index is 13.3. The van der Waals surface area contributed by atoms with E-state index in [1.165, 1.54) is 6.07 Å². The van der Waals surface area contributed by atoms with Gasteiger partial charge in [-0.15, -0.1) is 0 Å². The second-order valence-corrected chi connectivity index (χ2v) is 4.35. The molecule has 0 saturated carbocycles. The number of nitrogens with one attached hydrogen (secondary N) is 1. The standard InChI is InChI=1S/C12H16FNO2/c13-11-4-2-1-3-10(11)5-14-6-12(7-15)8-16-9-12/h1-4,14-15H,5-9H2. The molecule has 1 saturated heterocycles. The lowest BCUT2D eigenvalue weighted by atomic mass is 9.87. The smallest absolute Gasteiger partial charge is 0.127 e. The second-order valence-electron chi connectivity index (χ2n) is 4.35. The van der Waals surface area contributed by atoms with Crippen molar-refractivity contribution in [2.75, 3.05) is 26.4 Å². The van der Waals surface area contributed by atoms with E-state index in [4.69, 9.17) is 4.74 Å². The van der Waals surface area contributed by atoms with Crippen LogP contribution >= 0.6 is 0 Å². The molecule has 0 aromatic heterocycles. The molecular weight excluding hydrogens is 209 g/mol. The summed E-state index contributed by atoms with van der Waals surface area (Å²) in [6.45, 7) is 2.39. The van der Waals surface area contributed by atoms with Gasteiger partial charge in [0.2, 0.25) is 0 Å². The van der Waals surface area contributed by atoms with E-state index in [1.54, 1.807) is 12.1 Å². The van der Waals surface area contributed by atoms with Crippen LogP contribution in [0.15, 0.2) is 24.3 Å². The Kier molecular flexibility index (Phi) is 3.53. The number of hydrogen-bond acceptors (Lipinski definition) is 3. The lowest BCUT2D eigenvalue weighted by molar-refractivity contribution is -0.134. The number of rotatable bonds is 5. The first-order chi connectivity index (χ1) is 7.76. The van der Waals surface area contributed by atoms with Crippen molar-refractivity contribution >= 4 is 0 Å². The topological polar surface area (TPSA) is 41.5 Å². The zero-order chi connectivity index (χ0) is 11.4. The average molecular weight is 225 g/mol. The predicted octanol–water partition coefficient (Wildman–Crippen LogP) is 0.924. The van der Waals surface area contributed by atoms with Crippen molar-refractivity contribution in [2.24, 2.45) is 5.41 Å². The SMILES string of the molecule is OCC1(CNCc2ccccc2F)COC1. The molecule has 1 fully saturated rings. The van der Waals surface area contributed by atoms with Crippen molar-refractivity contribution in [3.63, 3.8) is 0 Å². The van der Waals surface area contributed by atoms with Gasteiger partial charge in [0.1, 0.15) is 5.82 Å². The van der Waals surface area contributed by atoms with Crippen LogP contribution in [-0.4, -0.2) is 31.5 Å². The van der Waals surface area contributed by atoms with Crippen LogP contribution in [0.25, 0.3) is 0 Å². The molecule has 0 amide bonds. The minimum Gasteiger partial charge on any atom is -0.396 e. The van der Waals surface area contributed by atoms with Crippen LogP contribution in [0, 0.1) is 11.2 Å². The molecule has 16 heavy (non-hydrogen) atoms. The highest BCUT2D eigenvalue weighted by Crippen LogP contribution is 2.25. The van der Waals surface area contributed by atoms with Crippen LogP contribution in [0.3, 0.4) is 0 Å². The van der Waals surface area contributed by atoms with Gasteiger partial charge < -0.3 is 15.2 Å². The van der Waals surface area contributed by atoms with Crippen LogP contribution < -0.4 is 5.32 Å². The van der Waals surface area contributed by atoms with Crippen LogP contribution in [0.4, 0.5) is 4.39 Å². The van der Waals surface area contributed by atoms with Gasteiger partial charge in [-0.05, 0) is 6.07 Å². The van der Waals surface area contributed by atoms with Gasteiger partial charge in [0.05, 0.1) is 25.2 Å². The molecule has 1 aliphatic heterocycles. The third-order valence-corrected chi connectivity index (χ3v) is 2.93. The quantitative estimate of drug-likeness (QED) is 0.783. The molecule has 1 aliphatic rings. The van der Waals surface area contributed by atoms with Gasteiger partial charge >= 0.3 is 0 Å². The molecule has 3 nitrogen and oxygen atoms in total. The molecule has 0 radical (unpaired) electrons. The molecule has 2 rings (SSSR count). The predicted molar refractivity (Wildman–Crippen MR) is 58.4 cm³/mol. The third kappa shape index (κ3) is 2.40. The summed E-state index contributed by atoms with van der Waals surface area (Å²) in [6, 6.07) is 6.69. The first-order valence-electron chi connectivity index (χ1n) is 5.38. The Bertz CT molecular complexity index is 347. The summed E-state index contributed by atoms with van der Waals surface area (Å²) in [6.07, 6.45) is 0. The van der Waals surface area contributed by atoms with E-state index >= 15 is 0 Å². The molecule has 0 atom stereocenters. The Morgan fingerprint density at radius 3 is 2.69 bits per heavy atom. The Morgan fingerprint density at radius 2 is 2.12 bits per heavy atom. The Morgan fingerprint density at radius 1 is 1.38 bits per heavy atom. The van der Waals surface area contributed by atoms with Crippen molar-refractivity contribution in [3.05, 3.63) is 35.6 Å². The Balaban J connectivity index is 1.82. The van der Waals surface area contributed by atoms with E-state index < -0.39 is 0 Å². The Hall–Kier alpha value is -0.970. The van der Waals surface area contributed by atoms with Gasteiger partial charge in [0.25, 0.3) is 0 Å². The first kappa shape index (κ1) is 11.5. The molecule has 0 spiro atoms. The fraction of sp³-hybridized carbons (Fsp3) is 0.500. The summed E-state index contributed by atoms with van der Waals surface area (Å²) in [5, 5.41) is 12.4. The molecule has 0 unspecified atom stereocenters. The van der Waals surface area contributed by atoms with Crippen molar-refractivity contribution in [1.29, 1.82) is 0 Å². The van der Waals surface area contributed by atoms with E-state index in [2.05, 4.69) is 5.32 Å². The van der Waals surface area contributed by atoms with Gasteiger partial charge in [-0.2, -0.15) is 0 Å². The summed E-state index contributed by atoms with van der Waals surface area (Å²) in [7, 11) is 0. The van der Waals surface area contributed by atoms with Gasteiger partial charge in [-0.1, -0.05) is 18.2 Å². The van der Waals surface area contributed by atoms with Crippen molar-refractivity contribution in [2.45, 2.75) is 6.54 Å². The lowest BCUT2D eigenvalue weighted by Crippen LogP contribution is -2.52. The molecule has 1 heterocycles. The molecule has 2 N–H and O–H groups in total. The fourth-order valence-electron chi connectivity index (χ4n) is 1.74. The monoisotopic (exact) mass is 225 g/mol. The number of aliphatic hydroxyl groups excluding tert-OH is 1. The minimum atomic E-state index is -0.196. The van der Waals surface area contributed by atoms with E-state index in [9.17, 15) is 9.50 Å². The van der Waals surface area contributed by atoms with Crippen LogP contribution in [0.2, 0.25) is 0 Å². The molecular formula is C12H16FNO2. The zero-order valence-corrected chi connectivity index (χ0v) is 9.08. The average Bonchev–Trinajstić information content (AvgIpc) is 2.25. The summed E-state index contributed by atoms with van der Waals surface area (Å²) >= 11 is 0. The molecule has 0 aliphatic carbocycles. The number of halogens is 1. The highest BCUT2D eigenvalue weighted by Gasteiger charge is 2.37. The molecule has 0 bridgehead atoms. The summed E-state index contributed by atoms with van der Waals surface area (Å²) in [4.78, 5) is 0. The lowest BCUT2D eigenvalue weighted by Gasteiger charge is -2.40. The number of ether oxygens (including phenoxy) is 1. The maximum Gasteiger partial charge on any atom is 0.127 e. The van der Waals surface area contributed by atoms with Crippen molar-refractivity contribution in [3.8, 4) is 0 Å². The summed E-state index contributed by atoms with van der Waals surface area (Å²) in [5.41, 5.74) is 0.487. The van der Waals surface area contributed by atoms with E-state index in [-0.39, 0.29) is 17.8 Å². The van der Waals surface area contributed by atoms with Crippen LogP contribution in [0.5, 0.6) is 0 Å².